The molecule has 2 aromatic rings. The summed E-state index contributed by atoms with van der Waals surface area (Å²) in [6, 6.07) is 11.5. The first-order valence-corrected chi connectivity index (χ1v) is 9.19. The number of rotatable bonds is 5. The molecule has 27 heavy (non-hydrogen) atoms. The molecule has 2 aromatic carbocycles. The van der Waals surface area contributed by atoms with Gasteiger partial charge in [0.1, 0.15) is 0 Å². The standard InChI is InChI=1S/C19H21ClN4O3/c1-2-22-9-11-23(12-10-22)18-6-4-3-5-17(18)21-19(25)15-8-7-14(24(26)27)13-16(15)20/h3-8,13H,2,9-12H2,1H3,(H,21,25). The van der Waals surface area contributed by atoms with Crippen LogP contribution in [0.3, 0.4) is 0 Å². The molecule has 1 saturated heterocycles. The largest absolute Gasteiger partial charge is 0.367 e. The Kier molecular flexibility index (Phi) is 5.93. The quantitative estimate of drug-likeness (QED) is 0.624. The van der Waals surface area contributed by atoms with Crippen LogP contribution in [0.1, 0.15) is 17.3 Å². The average molecular weight is 389 g/mol. The second-order valence-corrected chi connectivity index (χ2v) is 6.72. The maximum absolute atomic E-state index is 12.7. The summed E-state index contributed by atoms with van der Waals surface area (Å²) in [6.07, 6.45) is 0. The van der Waals surface area contributed by atoms with E-state index in [9.17, 15) is 14.9 Å². The van der Waals surface area contributed by atoms with Crippen LogP contribution in [0.2, 0.25) is 5.02 Å². The molecule has 3 rings (SSSR count). The Bertz CT molecular complexity index is 851. The fourth-order valence-corrected chi connectivity index (χ4v) is 3.41. The molecular formula is C19H21ClN4O3. The number of likely N-dealkylation sites (N-methyl/N-ethyl adjacent to an activating group) is 1. The van der Waals surface area contributed by atoms with E-state index in [-0.39, 0.29) is 16.3 Å². The summed E-state index contributed by atoms with van der Waals surface area (Å²) in [7, 11) is 0. The van der Waals surface area contributed by atoms with Gasteiger partial charge in [0, 0.05) is 38.3 Å². The molecule has 1 fully saturated rings. The molecule has 0 unspecified atom stereocenters. The van der Waals surface area contributed by atoms with Crippen LogP contribution in [-0.2, 0) is 0 Å². The number of carbonyl (C=O) groups is 1. The monoisotopic (exact) mass is 388 g/mol. The summed E-state index contributed by atoms with van der Waals surface area (Å²) >= 11 is 6.07. The van der Waals surface area contributed by atoms with Gasteiger partial charge in [-0.3, -0.25) is 14.9 Å². The van der Waals surface area contributed by atoms with Gasteiger partial charge in [0.15, 0.2) is 0 Å². The van der Waals surface area contributed by atoms with Gasteiger partial charge in [-0.1, -0.05) is 30.7 Å². The molecule has 0 aliphatic carbocycles. The lowest BCUT2D eigenvalue weighted by atomic mass is 10.1. The van der Waals surface area contributed by atoms with Gasteiger partial charge in [0.2, 0.25) is 0 Å². The molecule has 0 radical (unpaired) electrons. The molecule has 7 nitrogen and oxygen atoms in total. The Morgan fingerprint density at radius 1 is 1.19 bits per heavy atom. The lowest BCUT2D eigenvalue weighted by Crippen LogP contribution is -2.46. The number of nitrogens with one attached hydrogen (secondary N) is 1. The van der Waals surface area contributed by atoms with Crippen molar-refractivity contribution in [3.8, 4) is 0 Å². The van der Waals surface area contributed by atoms with Gasteiger partial charge in [-0.05, 0) is 24.7 Å². The van der Waals surface area contributed by atoms with Gasteiger partial charge in [0.25, 0.3) is 11.6 Å². The molecule has 0 aromatic heterocycles. The van der Waals surface area contributed by atoms with Crippen molar-refractivity contribution in [3.63, 3.8) is 0 Å². The van der Waals surface area contributed by atoms with Gasteiger partial charge < -0.3 is 15.1 Å². The lowest BCUT2D eigenvalue weighted by molar-refractivity contribution is -0.384. The number of non-ortho nitro benzene ring substituents is 1. The highest BCUT2D eigenvalue weighted by molar-refractivity contribution is 6.34. The van der Waals surface area contributed by atoms with Crippen molar-refractivity contribution in [1.29, 1.82) is 0 Å². The first kappa shape index (κ1) is 19.1. The zero-order valence-corrected chi connectivity index (χ0v) is 15.8. The van der Waals surface area contributed by atoms with E-state index in [0.29, 0.717) is 5.69 Å². The maximum Gasteiger partial charge on any atom is 0.270 e. The first-order chi connectivity index (χ1) is 13.0. The summed E-state index contributed by atoms with van der Waals surface area (Å²) in [4.78, 5) is 27.6. The number of nitrogens with zero attached hydrogens (tertiary/aromatic N) is 3. The van der Waals surface area contributed by atoms with Gasteiger partial charge in [-0.15, -0.1) is 0 Å². The van der Waals surface area contributed by atoms with Crippen LogP contribution in [0.5, 0.6) is 0 Å². The number of halogens is 1. The molecule has 142 valence electrons. The highest BCUT2D eigenvalue weighted by Gasteiger charge is 2.20. The van der Waals surface area contributed by atoms with Gasteiger partial charge in [-0.2, -0.15) is 0 Å². The van der Waals surface area contributed by atoms with E-state index in [1.165, 1.54) is 18.2 Å². The van der Waals surface area contributed by atoms with E-state index in [1.54, 1.807) is 0 Å². The number of carbonyl (C=O) groups excluding carboxylic acids is 1. The second kappa shape index (κ2) is 8.37. The number of nitro groups is 1. The summed E-state index contributed by atoms with van der Waals surface area (Å²) < 4.78 is 0. The van der Waals surface area contributed by atoms with Crippen LogP contribution in [0.4, 0.5) is 17.1 Å². The number of para-hydroxylation sites is 2. The number of piperazine rings is 1. The highest BCUT2D eigenvalue weighted by Crippen LogP contribution is 2.29. The molecular weight excluding hydrogens is 368 g/mol. The first-order valence-electron chi connectivity index (χ1n) is 8.81. The highest BCUT2D eigenvalue weighted by atomic mass is 35.5. The van der Waals surface area contributed by atoms with Crippen LogP contribution in [0.25, 0.3) is 0 Å². The molecule has 8 heteroatoms. The summed E-state index contributed by atoms with van der Waals surface area (Å²) in [5.74, 6) is -0.394. The van der Waals surface area contributed by atoms with E-state index >= 15 is 0 Å². The Balaban J connectivity index is 1.78. The van der Waals surface area contributed by atoms with Crippen molar-refractivity contribution >= 4 is 34.6 Å². The molecule has 1 heterocycles. The predicted molar refractivity (Wildman–Crippen MR) is 107 cm³/mol. The van der Waals surface area contributed by atoms with Crippen molar-refractivity contribution < 1.29 is 9.72 Å². The van der Waals surface area contributed by atoms with Crippen LogP contribution >= 0.6 is 11.6 Å². The summed E-state index contributed by atoms with van der Waals surface area (Å²) in [5.41, 5.74) is 1.71. The number of hydrogen-bond acceptors (Lipinski definition) is 5. The SMILES string of the molecule is CCN1CCN(c2ccccc2NC(=O)c2ccc([N+](=O)[O-])cc2Cl)CC1. The Labute approximate surface area is 162 Å². The number of anilines is 2. The fraction of sp³-hybridized carbons (Fsp3) is 0.316. The minimum absolute atomic E-state index is 0.0516. The average Bonchev–Trinajstić information content (AvgIpc) is 2.68. The Hall–Kier alpha value is -2.64. The minimum atomic E-state index is -0.543. The minimum Gasteiger partial charge on any atom is -0.367 e. The molecule has 1 aliphatic rings. The van der Waals surface area contributed by atoms with Crippen LogP contribution in [0, 0.1) is 10.1 Å². The van der Waals surface area contributed by atoms with Crippen LogP contribution in [0.15, 0.2) is 42.5 Å². The maximum atomic E-state index is 12.7. The molecule has 1 N–H and O–H groups in total. The van der Waals surface area contributed by atoms with Gasteiger partial charge >= 0.3 is 0 Å². The smallest absolute Gasteiger partial charge is 0.270 e. The molecule has 1 aliphatic heterocycles. The van der Waals surface area contributed by atoms with Gasteiger partial charge in [0.05, 0.1) is 26.9 Å². The van der Waals surface area contributed by atoms with E-state index in [2.05, 4.69) is 22.0 Å². The van der Waals surface area contributed by atoms with Crippen molar-refractivity contribution in [3.05, 3.63) is 63.2 Å². The molecule has 0 saturated carbocycles. The molecule has 0 bridgehead atoms. The molecule has 0 spiro atoms. The van der Waals surface area contributed by atoms with E-state index in [4.69, 9.17) is 11.6 Å². The van der Waals surface area contributed by atoms with Gasteiger partial charge in [-0.25, -0.2) is 0 Å². The van der Waals surface area contributed by atoms with Crippen LogP contribution in [-0.4, -0.2) is 48.5 Å². The summed E-state index contributed by atoms with van der Waals surface area (Å²) in [6.45, 7) is 6.92. The molecule has 0 atom stereocenters. The Morgan fingerprint density at radius 3 is 2.52 bits per heavy atom. The lowest BCUT2D eigenvalue weighted by Gasteiger charge is -2.36. The third-order valence-corrected chi connectivity index (χ3v) is 5.03. The normalized spacial score (nSPS) is 14.8. The number of nitro benzene ring substituents is 1. The van der Waals surface area contributed by atoms with E-state index in [0.717, 1.165) is 38.4 Å². The number of amides is 1. The van der Waals surface area contributed by atoms with Crippen molar-refractivity contribution in [2.24, 2.45) is 0 Å². The number of hydrogen-bond donors (Lipinski definition) is 1. The second-order valence-electron chi connectivity index (χ2n) is 6.31. The topological polar surface area (TPSA) is 78.7 Å². The molecule has 1 amide bonds. The van der Waals surface area contributed by atoms with E-state index < -0.39 is 10.8 Å². The van der Waals surface area contributed by atoms with Crippen molar-refractivity contribution in [2.75, 3.05) is 42.9 Å². The zero-order chi connectivity index (χ0) is 19.4. The van der Waals surface area contributed by atoms with Crippen molar-refractivity contribution in [2.45, 2.75) is 6.92 Å². The van der Waals surface area contributed by atoms with Crippen LogP contribution < -0.4 is 10.2 Å². The summed E-state index contributed by atoms with van der Waals surface area (Å²) in [5, 5.41) is 13.8. The third-order valence-electron chi connectivity index (χ3n) is 4.72. The third kappa shape index (κ3) is 4.37. The number of benzene rings is 2. The zero-order valence-electron chi connectivity index (χ0n) is 15.0. The predicted octanol–water partition coefficient (Wildman–Crippen LogP) is 3.64. The van der Waals surface area contributed by atoms with E-state index in [1.807, 2.05) is 24.3 Å². The Morgan fingerprint density at radius 2 is 1.89 bits per heavy atom. The van der Waals surface area contributed by atoms with Crippen molar-refractivity contribution in [1.82, 2.24) is 4.90 Å². The fourth-order valence-electron chi connectivity index (χ4n) is 3.15.